The Bertz CT molecular complexity index is 3070. The van der Waals surface area contributed by atoms with Crippen LogP contribution in [0.3, 0.4) is 0 Å². The largest absolute Gasteiger partial charge is 0.248 e. The molecule has 0 aliphatic rings. The highest BCUT2D eigenvalue weighted by Crippen LogP contribution is 2.25. The normalized spacial score (nSPS) is 11.0. The molecule has 11 nitrogen and oxygen atoms in total. The predicted molar refractivity (Wildman–Crippen MR) is 354 cm³/mol. The van der Waals surface area contributed by atoms with Crippen LogP contribution in [0, 0.1) is 49.4 Å². The Morgan fingerprint density at radius 3 is 1.38 bits per heavy atom. The Balaban J connectivity index is 0.000000490. The van der Waals surface area contributed by atoms with Crippen LogP contribution in [0.5, 0.6) is 0 Å². The van der Waals surface area contributed by atoms with Crippen molar-refractivity contribution in [3.63, 3.8) is 0 Å². The summed E-state index contributed by atoms with van der Waals surface area (Å²) in [7, 11) is 0. The van der Waals surface area contributed by atoms with E-state index >= 15 is 0 Å². The molecule has 0 saturated heterocycles. The lowest BCUT2D eigenvalue weighted by molar-refractivity contribution is 0.544. The van der Waals surface area contributed by atoms with Gasteiger partial charge in [0.05, 0.1) is 17.1 Å². The van der Waals surface area contributed by atoms with E-state index in [4.69, 9.17) is 25.7 Å². The van der Waals surface area contributed by atoms with Gasteiger partial charge in [0, 0.05) is 75.1 Å². The molecule has 7 heterocycles. The maximum Gasteiger partial charge on any atom is 0.204 e. The number of nitrogens with zero attached hydrogens (tertiary/aromatic N) is 11. The first-order valence-electron chi connectivity index (χ1n) is 27.7. The second-order valence-corrected chi connectivity index (χ2v) is 26.4. The van der Waals surface area contributed by atoms with Crippen LogP contribution >= 0.6 is 0 Å². The molecule has 0 unspecified atom stereocenters. The third-order valence-electron chi connectivity index (χ3n) is 11.6. The van der Waals surface area contributed by atoms with Crippen molar-refractivity contribution in [2.75, 3.05) is 0 Å². The SMILES string of the molecule is C#Cc1cc(C(C)(C)C)ccn1.C#Cc1cccc(C(C)(C)C)n1.C#Cc1nccc(C(C)(C)C)n1.C#Cc1ncccc1C(C)(C)C.C=Cc1cc(C(C)(C)C)ncn1.C=Cc1ccnc(C(C)(C)C)n1.C=Cc1nccc(C(C)(C)C)n1. The minimum absolute atomic E-state index is 0.0129. The maximum absolute atomic E-state index is 5.33. The van der Waals surface area contributed by atoms with Crippen molar-refractivity contribution in [2.45, 2.75) is 183 Å². The average molecular weight is 1120 g/mol. The fourth-order valence-electron chi connectivity index (χ4n) is 6.51. The van der Waals surface area contributed by atoms with Gasteiger partial charge in [0.2, 0.25) is 5.82 Å². The average Bonchev–Trinajstić information content (AvgIpc) is 3.56. The van der Waals surface area contributed by atoms with Crippen LogP contribution in [0.25, 0.3) is 18.2 Å². The standard InChI is InChI=1S/3C11H13N.2C10H14N2.C10H12N2.C10H14N2/c1-5-10-8-9(6-7-12-10)11(2,3)4;1-5-10-9(11(2,3)4)7-6-8-12-10;1-5-9-7-6-8-10(12-9)11(2,3)4;1-5-8-6-9(10(2,3)4)12-7-11-8;2*1-5-9-11-7-6-8(12-9)10(2,3)4;1-5-8-6-7-11-9(12-8)10(2,3)4/h3*1,6-8H,2-4H3;2*5-7H,1H2,2-4H3;1,6-7H,2-4H3;5-7H,1H2,2-4H3. The van der Waals surface area contributed by atoms with Crippen molar-refractivity contribution in [2.24, 2.45) is 0 Å². The monoisotopic (exact) mass is 1120 g/mol. The summed E-state index contributed by atoms with van der Waals surface area (Å²) in [5.74, 6) is 12.1. The van der Waals surface area contributed by atoms with E-state index in [0.29, 0.717) is 23.0 Å². The minimum Gasteiger partial charge on any atom is -0.248 e. The number of hydrogen-bond donors (Lipinski definition) is 0. The van der Waals surface area contributed by atoms with Crippen molar-refractivity contribution < 1.29 is 0 Å². The molecule has 84 heavy (non-hydrogen) atoms. The van der Waals surface area contributed by atoms with Gasteiger partial charge < -0.3 is 0 Å². The molecule has 0 saturated carbocycles. The third-order valence-corrected chi connectivity index (χ3v) is 11.6. The van der Waals surface area contributed by atoms with Crippen LogP contribution in [-0.4, -0.2) is 54.8 Å². The molecule has 0 aromatic carbocycles. The van der Waals surface area contributed by atoms with Crippen LogP contribution in [-0.2, 0) is 37.9 Å². The van der Waals surface area contributed by atoms with E-state index < -0.39 is 0 Å². The summed E-state index contributed by atoms with van der Waals surface area (Å²) in [5.41, 5.74) is 10.9. The second-order valence-electron chi connectivity index (χ2n) is 26.4. The smallest absolute Gasteiger partial charge is 0.204 e. The van der Waals surface area contributed by atoms with Gasteiger partial charge in [0.1, 0.15) is 29.2 Å². The van der Waals surface area contributed by atoms with Gasteiger partial charge in [-0.25, -0.2) is 54.8 Å². The number of hydrogen-bond acceptors (Lipinski definition) is 11. The Morgan fingerprint density at radius 2 is 0.905 bits per heavy atom. The molecule has 0 amide bonds. The van der Waals surface area contributed by atoms with Gasteiger partial charge in [-0.3, -0.25) is 0 Å². The Morgan fingerprint density at radius 1 is 0.369 bits per heavy atom. The molecule has 7 aromatic rings. The zero-order valence-corrected chi connectivity index (χ0v) is 54.4. The summed E-state index contributed by atoms with van der Waals surface area (Å²) in [6, 6.07) is 21.3. The van der Waals surface area contributed by atoms with Gasteiger partial charge in [-0.15, -0.1) is 25.7 Å². The molecule has 440 valence electrons. The van der Waals surface area contributed by atoms with Crippen LogP contribution in [0.15, 0.2) is 124 Å². The van der Waals surface area contributed by atoms with E-state index in [2.05, 4.69) is 244 Å². The van der Waals surface area contributed by atoms with Gasteiger partial charge >= 0.3 is 0 Å². The lowest BCUT2D eigenvalue weighted by atomic mass is 9.86. The van der Waals surface area contributed by atoms with Crippen LogP contribution < -0.4 is 0 Å². The zero-order chi connectivity index (χ0) is 64.3. The highest BCUT2D eigenvalue weighted by Gasteiger charge is 2.20. The molecule has 0 spiro atoms. The summed E-state index contributed by atoms with van der Waals surface area (Å²) in [6.07, 6.45) is 36.5. The first-order chi connectivity index (χ1) is 38.8. The molecule has 11 heteroatoms. The molecule has 0 N–H and O–H groups in total. The fourth-order valence-corrected chi connectivity index (χ4v) is 6.51. The van der Waals surface area contributed by atoms with Crippen molar-refractivity contribution >= 4 is 18.2 Å². The van der Waals surface area contributed by atoms with Gasteiger partial charge in [0.15, 0.2) is 5.82 Å². The Hall–Kier alpha value is -8.77. The van der Waals surface area contributed by atoms with Gasteiger partial charge in [-0.1, -0.05) is 189 Å². The van der Waals surface area contributed by atoms with Gasteiger partial charge in [0.25, 0.3) is 0 Å². The van der Waals surface area contributed by atoms with E-state index in [9.17, 15) is 0 Å². The summed E-state index contributed by atoms with van der Waals surface area (Å²) in [4.78, 5) is 45.8. The number of rotatable bonds is 3. The van der Waals surface area contributed by atoms with Crippen LogP contribution in [0.1, 0.15) is 225 Å². The molecule has 0 fully saturated rings. The molecular formula is C73H93N11. The third kappa shape index (κ3) is 27.3. The molecule has 0 aliphatic carbocycles. The van der Waals surface area contributed by atoms with Crippen molar-refractivity contribution in [3.05, 3.63) is 204 Å². The van der Waals surface area contributed by atoms with Crippen LogP contribution in [0.2, 0.25) is 0 Å². The predicted octanol–water partition coefficient (Wildman–Crippen LogP) is 16.1. The number of aromatic nitrogens is 11. The van der Waals surface area contributed by atoms with E-state index in [1.807, 2.05) is 66.7 Å². The summed E-state index contributed by atoms with van der Waals surface area (Å²) in [5, 5.41) is 0. The first kappa shape index (κ1) is 73.2. The zero-order valence-electron chi connectivity index (χ0n) is 54.4. The van der Waals surface area contributed by atoms with E-state index in [1.165, 1.54) is 5.56 Å². The quantitative estimate of drug-likeness (QED) is 0.156. The van der Waals surface area contributed by atoms with Gasteiger partial charge in [-0.2, -0.15) is 0 Å². The molecule has 7 aromatic heterocycles. The lowest BCUT2D eigenvalue weighted by Crippen LogP contribution is -2.15. The highest BCUT2D eigenvalue weighted by atomic mass is 14.9. The molecule has 0 aliphatic heterocycles. The van der Waals surface area contributed by atoms with E-state index in [-0.39, 0.29) is 37.9 Å². The maximum atomic E-state index is 5.33. The molecular weight excluding hydrogens is 1030 g/mol. The molecule has 0 radical (unpaired) electrons. The van der Waals surface area contributed by atoms with Crippen molar-refractivity contribution in [1.82, 2.24) is 54.8 Å². The lowest BCUT2D eigenvalue weighted by Gasteiger charge is -2.19. The van der Waals surface area contributed by atoms with Crippen LogP contribution in [0.4, 0.5) is 0 Å². The summed E-state index contributed by atoms with van der Waals surface area (Å²) >= 11 is 0. The Kier molecular flexibility index (Phi) is 28.6. The summed E-state index contributed by atoms with van der Waals surface area (Å²) in [6.45, 7) is 55.5. The van der Waals surface area contributed by atoms with E-state index in [0.717, 1.165) is 51.2 Å². The fraction of sp³-hybridized carbons (Fsp3) is 0.384. The first-order valence-corrected chi connectivity index (χ1v) is 27.7. The van der Waals surface area contributed by atoms with Crippen molar-refractivity contribution in [3.8, 4) is 49.4 Å². The Labute approximate surface area is 506 Å². The molecule has 0 bridgehead atoms. The van der Waals surface area contributed by atoms with Gasteiger partial charge in [-0.05, 0) is 107 Å². The second kappa shape index (κ2) is 32.8. The van der Waals surface area contributed by atoms with E-state index in [1.54, 1.807) is 55.5 Å². The number of pyridine rings is 3. The number of terminal acetylenes is 4. The van der Waals surface area contributed by atoms with Crippen molar-refractivity contribution in [1.29, 1.82) is 0 Å². The molecule has 0 atom stereocenters. The molecule has 7 rings (SSSR count). The topological polar surface area (TPSA) is 142 Å². The minimum atomic E-state index is 0.0129. The highest BCUT2D eigenvalue weighted by molar-refractivity contribution is 5.43. The summed E-state index contributed by atoms with van der Waals surface area (Å²) < 4.78 is 0.